The molecule has 9 nitrogen and oxygen atoms in total. The number of hydrogen-bond donors (Lipinski definition) is 1. The summed E-state index contributed by atoms with van der Waals surface area (Å²) in [6.45, 7) is 3.95. The first-order valence-electron chi connectivity index (χ1n) is 9.22. The molecule has 0 radical (unpaired) electrons. The van der Waals surface area contributed by atoms with Gasteiger partial charge in [-0.3, -0.25) is 18.6 Å². The van der Waals surface area contributed by atoms with E-state index in [2.05, 4.69) is 22.1 Å². The Morgan fingerprint density at radius 2 is 1.87 bits per heavy atom. The molecule has 0 aliphatic heterocycles. The number of para-hydroxylation sites is 2. The van der Waals surface area contributed by atoms with Gasteiger partial charge in [0.15, 0.2) is 5.16 Å². The van der Waals surface area contributed by atoms with Crippen LogP contribution in [-0.2, 0) is 11.3 Å². The highest BCUT2D eigenvalue weighted by Gasteiger charge is 2.17. The molecule has 0 saturated heterocycles. The van der Waals surface area contributed by atoms with E-state index in [1.807, 2.05) is 0 Å². The SMILES string of the molecule is C=CCn1c(=O)c2ccccc2n2c(SCC(=O)Nc3ccccc3C(=O)[O-])nnc12. The van der Waals surface area contributed by atoms with Crippen LogP contribution in [0.2, 0.25) is 0 Å². The average Bonchev–Trinajstić information content (AvgIpc) is 3.19. The zero-order valence-electron chi connectivity index (χ0n) is 16.1. The van der Waals surface area contributed by atoms with Crippen molar-refractivity contribution < 1.29 is 14.7 Å². The van der Waals surface area contributed by atoms with E-state index >= 15 is 0 Å². The molecular formula is C21H16N5O4S-. The lowest BCUT2D eigenvalue weighted by molar-refractivity contribution is -0.254. The fourth-order valence-electron chi connectivity index (χ4n) is 3.21. The molecule has 2 aromatic heterocycles. The summed E-state index contributed by atoms with van der Waals surface area (Å²) in [4.78, 5) is 36.4. The zero-order valence-corrected chi connectivity index (χ0v) is 17.0. The molecule has 2 aromatic carbocycles. The van der Waals surface area contributed by atoms with E-state index in [1.165, 1.54) is 16.7 Å². The molecule has 1 N–H and O–H groups in total. The van der Waals surface area contributed by atoms with Crippen LogP contribution in [-0.4, -0.2) is 36.8 Å². The predicted octanol–water partition coefficient (Wildman–Crippen LogP) is 1.32. The summed E-state index contributed by atoms with van der Waals surface area (Å²) in [7, 11) is 0. The highest BCUT2D eigenvalue weighted by molar-refractivity contribution is 7.99. The van der Waals surface area contributed by atoms with E-state index in [0.717, 1.165) is 11.8 Å². The Hall–Kier alpha value is -3.92. The molecule has 4 rings (SSSR count). The number of thioether (sulfide) groups is 1. The summed E-state index contributed by atoms with van der Waals surface area (Å²) >= 11 is 1.12. The molecular weight excluding hydrogens is 418 g/mol. The fourth-order valence-corrected chi connectivity index (χ4v) is 3.95. The van der Waals surface area contributed by atoms with Crippen molar-refractivity contribution in [1.29, 1.82) is 0 Å². The molecule has 2 heterocycles. The number of fused-ring (bicyclic) bond motifs is 3. The van der Waals surface area contributed by atoms with Crippen molar-refractivity contribution in [2.24, 2.45) is 0 Å². The number of allylic oxidation sites excluding steroid dienone is 1. The van der Waals surface area contributed by atoms with E-state index in [9.17, 15) is 19.5 Å². The highest BCUT2D eigenvalue weighted by atomic mass is 32.2. The first-order valence-corrected chi connectivity index (χ1v) is 10.2. The molecule has 1 amide bonds. The number of carbonyl (C=O) groups excluding carboxylic acids is 2. The summed E-state index contributed by atoms with van der Waals surface area (Å²) < 4.78 is 3.18. The standard InChI is InChI=1S/C21H17N5O4S/c1-2-11-25-18(28)14-8-4-6-10-16(14)26-20(25)23-24-21(26)31-12-17(27)22-15-9-5-3-7-13(15)19(29)30/h2-10H,1,11-12H2,(H,22,27)(H,29,30)/p-1. The highest BCUT2D eigenvalue weighted by Crippen LogP contribution is 2.22. The molecule has 0 spiro atoms. The number of carboxylic acids is 1. The Balaban J connectivity index is 1.66. The Bertz CT molecular complexity index is 1390. The molecule has 4 aromatic rings. The minimum Gasteiger partial charge on any atom is -0.545 e. The number of aromatic carboxylic acids is 1. The second kappa shape index (κ2) is 8.44. The molecule has 0 bridgehead atoms. The predicted molar refractivity (Wildman–Crippen MR) is 115 cm³/mol. The molecule has 10 heteroatoms. The van der Waals surface area contributed by atoms with Gasteiger partial charge in [0, 0.05) is 17.8 Å². The quantitative estimate of drug-likeness (QED) is 0.344. The summed E-state index contributed by atoms with van der Waals surface area (Å²) in [5, 5.41) is 23.0. The minimum absolute atomic E-state index is 0.0446. The number of hydrogen-bond acceptors (Lipinski definition) is 7. The summed E-state index contributed by atoms with van der Waals surface area (Å²) in [6.07, 6.45) is 1.60. The Morgan fingerprint density at radius 3 is 2.65 bits per heavy atom. The topological polar surface area (TPSA) is 121 Å². The van der Waals surface area contributed by atoms with Crippen molar-refractivity contribution in [3.63, 3.8) is 0 Å². The zero-order chi connectivity index (χ0) is 22.0. The second-order valence-corrected chi connectivity index (χ2v) is 7.45. The van der Waals surface area contributed by atoms with Crippen LogP contribution in [0.25, 0.3) is 16.7 Å². The van der Waals surface area contributed by atoms with Gasteiger partial charge in [-0.25, -0.2) is 0 Å². The number of benzene rings is 2. The molecule has 0 aliphatic carbocycles. The Labute approximate surface area is 180 Å². The lowest BCUT2D eigenvalue weighted by Crippen LogP contribution is -2.25. The van der Waals surface area contributed by atoms with Crippen LogP contribution in [0.15, 0.2) is 71.1 Å². The van der Waals surface area contributed by atoms with Gasteiger partial charge in [-0.15, -0.1) is 16.8 Å². The van der Waals surface area contributed by atoms with Crippen LogP contribution in [0.5, 0.6) is 0 Å². The largest absolute Gasteiger partial charge is 0.545 e. The molecule has 0 fully saturated rings. The molecule has 0 saturated carbocycles. The molecule has 0 atom stereocenters. The Kier molecular flexibility index (Phi) is 5.54. The number of carboxylic acid groups (broad SMARTS) is 1. The van der Waals surface area contributed by atoms with Crippen LogP contribution in [0, 0.1) is 0 Å². The molecule has 0 aliphatic rings. The van der Waals surface area contributed by atoms with Gasteiger partial charge in [-0.2, -0.15) is 0 Å². The van der Waals surface area contributed by atoms with Crippen molar-refractivity contribution in [1.82, 2.24) is 19.2 Å². The summed E-state index contributed by atoms with van der Waals surface area (Å²) in [5.41, 5.74) is 0.472. The maximum atomic E-state index is 12.8. The number of nitrogens with zero attached hydrogens (tertiary/aromatic N) is 4. The number of nitrogens with one attached hydrogen (secondary N) is 1. The van der Waals surface area contributed by atoms with Crippen molar-refractivity contribution in [3.05, 3.63) is 77.1 Å². The summed E-state index contributed by atoms with van der Waals surface area (Å²) in [5.74, 6) is -1.50. The van der Waals surface area contributed by atoms with Gasteiger partial charge < -0.3 is 15.2 Å². The molecule has 0 unspecified atom stereocenters. The smallest absolute Gasteiger partial charge is 0.263 e. The van der Waals surface area contributed by atoms with Crippen LogP contribution in [0.3, 0.4) is 0 Å². The van der Waals surface area contributed by atoms with Crippen molar-refractivity contribution in [2.45, 2.75) is 11.7 Å². The lowest BCUT2D eigenvalue weighted by Gasteiger charge is -2.11. The molecule has 156 valence electrons. The fraction of sp³-hybridized carbons (Fsp3) is 0.0952. The first-order chi connectivity index (χ1) is 15.0. The third-order valence-corrected chi connectivity index (χ3v) is 5.47. The van der Waals surface area contributed by atoms with Crippen LogP contribution in [0.1, 0.15) is 10.4 Å². The maximum absolute atomic E-state index is 12.8. The van der Waals surface area contributed by atoms with E-state index in [-0.39, 0.29) is 29.1 Å². The van der Waals surface area contributed by atoms with Crippen molar-refractivity contribution in [2.75, 3.05) is 11.1 Å². The maximum Gasteiger partial charge on any atom is 0.263 e. The first kappa shape index (κ1) is 20.4. The number of rotatable bonds is 7. The van der Waals surface area contributed by atoms with Gasteiger partial charge >= 0.3 is 0 Å². The van der Waals surface area contributed by atoms with E-state index in [1.54, 1.807) is 46.9 Å². The van der Waals surface area contributed by atoms with Crippen LogP contribution < -0.4 is 16.0 Å². The number of amides is 1. The number of anilines is 1. The normalized spacial score (nSPS) is 11.0. The average molecular weight is 434 g/mol. The lowest BCUT2D eigenvalue weighted by atomic mass is 10.2. The minimum atomic E-state index is -1.38. The third-order valence-electron chi connectivity index (χ3n) is 4.54. The van der Waals surface area contributed by atoms with Gasteiger partial charge in [0.05, 0.1) is 22.6 Å². The van der Waals surface area contributed by atoms with Gasteiger partial charge in [0.25, 0.3) is 5.56 Å². The van der Waals surface area contributed by atoms with Gasteiger partial charge in [-0.05, 0) is 18.2 Å². The third kappa shape index (κ3) is 3.80. The van der Waals surface area contributed by atoms with E-state index in [0.29, 0.717) is 21.8 Å². The number of carbonyl (C=O) groups is 2. The monoisotopic (exact) mass is 434 g/mol. The van der Waals surface area contributed by atoms with E-state index in [4.69, 9.17) is 0 Å². The van der Waals surface area contributed by atoms with Gasteiger partial charge in [-0.1, -0.05) is 48.2 Å². The van der Waals surface area contributed by atoms with E-state index < -0.39 is 11.9 Å². The van der Waals surface area contributed by atoms with Crippen LogP contribution >= 0.6 is 11.8 Å². The second-order valence-electron chi connectivity index (χ2n) is 6.51. The number of aromatic nitrogens is 4. The van der Waals surface area contributed by atoms with Crippen molar-refractivity contribution >= 4 is 46.0 Å². The van der Waals surface area contributed by atoms with Crippen molar-refractivity contribution in [3.8, 4) is 0 Å². The van der Waals surface area contributed by atoms with Gasteiger partial charge in [0.2, 0.25) is 11.7 Å². The Morgan fingerprint density at radius 1 is 1.13 bits per heavy atom. The summed E-state index contributed by atoms with van der Waals surface area (Å²) in [6, 6.07) is 13.1. The van der Waals surface area contributed by atoms with Crippen LogP contribution in [0.4, 0.5) is 5.69 Å². The molecule has 31 heavy (non-hydrogen) atoms. The van der Waals surface area contributed by atoms with Gasteiger partial charge in [0.1, 0.15) is 0 Å².